The molecule has 1 heterocycles. The fourth-order valence-electron chi connectivity index (χ4n) is 1.38. The van der Waals surface area contributed by atoms with Gasteiger partial charge in [0.05, 0.1) is 6.10 Å². The first-order valence-corrected chi connectivity index (χ1v) is 4.36. The first-order valence-electron chi connectivity index (χ1n) is 4.36. The van der Waals surface area contributed by atoms with Crippen molar-refractivity contribution in [1.29, 1.82) is 0 Å². The SMILES string of the molecule is OC(CC1CCCCO1)C(F)(F)F. The van der Waals surface area contributed by atoms with Crippen molar-refractivity contribution in [1.82, 2.24) is 0 Å². The van der Waals surface area contributed by atoms with E-state index in [1.165, 1.54) is 0 Å². The van der Waals surface area contributed by atoms with E-state index in [1.807, 2.05) is 0 Å². The van der Waals surface area contributed by atoms with Gasteiger partial charge >= 0.3 is 6.18 Å². The smallest absolute Gasteiger partial charge is 0.384 e. The van der Waals surface area contributed by atoms with Gasteiger partial charge in [0.15, 0.2) is 6.10 Å². The van der Waals surface area contributed by atoms with Crippen molar-refractivity contribution in [3.63, 3.8) is 0 Å². The minimum atomic E-state index is -4.51. The Labute approximate surface area is 74.7 Å². The van der Waals surface area contributed by atoms with E-state index >= 15 is 0 Å². The number of aliphatic hydroxyl groups is 1. The largest absolute Gasteiger partial charge is 0.414 e. The molecule has 1 fully saturated rings. The van der Waals surface area contributed by atoms with E-state index < -0.39 is 18.4 Å². The first-order chi connectivity index (χ1) is 6.00. The summed E-state index contributed by atoms with van der Waals surface area (Å²) < 4.78 is 40.8. The minimum absolute atomic E-state index is 0.330. The highest BCUT2D eigenvalue weighted by Gasteiger charge is 2.39. The molecule has 1 aliphatic rings. The highest BCUT2D eigenvalue weighted by Crippen LogP contribution is 2.26. The highest BCUT2D eigenvalue weighted by atomic mass is 19.4. The van der Waals surface area contributed by atoms with Gasteiger partial charge in [-0.3, -0.25) is 0 Å². The summed E-state index contributed by atoms with van der Waals surface area (Å²) in [6.07, 6.45) is -5.10. The third-order valence-electron chi connectivity index (χ3n) is 2.14. The van der Waals surface area contributed by atoms with Crippen LogP contribution in [0.25, 0.3) is 0 Å². The molecule has 1 aliphatic heterocycles. The first kappa shape index (κ1) is 10.8. The number of ether oxygens (including phenoxy) is 1. The van der Waals surface area contributed by atoms with Crippen LogP contribution >= 0.6 is 0 Å². The topological polar surface area (TPSA) is 29.5 Å². The molecule has 0 saturated carbocycles. The number of aliphatic hydroxyl groups excluding tert-OH is 1. The van der Waals surface area contributed by atoms with Crippen LogP contribution in [0.1, 0.15) is 25.7 Å². The van der Waals surface area contributed by atoms with E-state index in [0.717, 1.165) is 12.8 Å². The summed E-state index contributed by atoms with van der Waals surface area (Å²) in [5.41, 5.74) is 0. The summed E-state index contributed by atoms with van der Waals surface area (Å²) in [7, 11) is 0. The zero-order valence-corrected chi connectivity index (χ0v) is 7.18. The quantitative estimate of drug-likeness (QED) is 0.733. The van der Waals surface area contributed by atoms with Crippen LogP contribution in [0.4, 0.5) is 13.2 Å². The van der Waals surface area contributed by atoms with E-state index in [2.05, 4.69) is 0 Å². The van der Waals surface area contributed by atoms with E-state index in [-0.39, 0.29) is 6.42 Å². The van der Waals surface area contributed by atoms with Crippen molar-refractivity contribution in [3.8, 4) is 0 Å². The Hall–Kier alpha value is -0.290. The maximum Gasteiger partial charge on any atom is 0.414 e. The summed E-state index contributed by atoms with van der Waals surface area (Å²) in [5, 5.41) is 8.73. The van der Waals surface area contributed by atoms with Gasteiger partial charge in [-0.25, -0.2) is 0 Å². The van der Waals surface area contributed by atoms with Gasteiger partial charge in [-0.2, -0.15) is 13.2 Å². The molecule has 0 amide bonds. The molecule has 2 unspecified atom stereocenters. The summed E-state index contributed by atoms with van der Waals surface area (Å²) in [5.74, 6) is 0. The number of alkyl halides is 3. The van der Waals surface area contributed by atoms with Crippen molar-refractivity contribution in [2.75, 3.05) is 6.61 Å². The third-order valence-corrected chi connectivity index (χ3v) is 2.14. The van der Waals surface area contributed by atoms with Crippen LogP contribution in [0.5, 0.6) is 0 Å². The van der Waals surface area contributed by atoms with E-state index in [9.17, 15) is 13.2 Å². The van der Waals surface area contributed by atoms with Crippen molar-refractivity contribution in [2.45, 2.75) is 44.1 Å². The van der Waals surface area contributed by atoms with Gasteiger partial charge in [-0.15, -0.1) is 0 Å². The number of hydrogen-bond acceptors (Lipinski definition) is 2. The Bertz CT molecular complexity index is 152. The summed E-state index contributed by atoms with van der Waals surface area (Å²) in [6, 6.07) is 0. The van der Waals surface area contributed by atoms with Gasteiger partial charge in [-0.1, -0.05) is 0 Å². The van der Waals surface area contributed by atoms with Gasteiger partial charge in [0.1, 0.15) is 0 Å². The second-order valence-corrected chi connectivity index (χ2v) is 3.28. The molecule has 0 aromatic heterocycles. The summed E-state index contributed by atoms with van der Waals surface area (Å²) >= 11 is 0. The Balaban J connectivity index is 2.30. The van der Waals surface area contributed by atoms with Crippen LogP contribution < -0.4 is 0 Å². The van der Waals surface area contributed by atoms with Crippen molar-refractivity contribution < 1.29 is 23.0 Å². The Morgan fingerprint density at radius 2 is 2.08 bits per heavy atom. The van der Waals surface area contributed by atoms with E-state index in [0.29, 0.717) is 13.0 Å². The maximum absolute atomic E-state index is 11.9. The molecule has 2 atom stereocenters. The normalized spacial score (nSPS) is 27.2. The Morgan fingerprint density at radius 1 is 1.38 bits per heavy atom. The van der Waals surface area contributed by atoms with Gasteiger partial charge in [0.25, 0.3) is 0 Å². The molecule has 0 spiro atoms. The molecular formula is C8H13F3O2. The molecule has 1 N–H and O–H groups in total. The fourth-order valence-corrected chi connectivity index (χ4v) is 1.38. The second kappa shape index (κ2) is 4.28. The van der Waals surface area contributed by atoms with Crippen molar-refractivity contribution in [2.24, 2.45) is 0 Å². The van der Waals surface area contributed by atoms with E-state index in [1.54, 1.807) is 0 Å². The van der Waals surface area contributed by atoms with Gasteiger partial charge in [-0.05, 0) is 19.3 Å². The monoisotopic (exact) mass is 198 g/mol. The Kier molecular flexibility index (Phi) is 3.55. The van der Waals surface area contributed by atoms with Crippen LogP contribution in [0.2, 0.25) is 0 Å². The lowest BCUT2D eigenvalue weighted by Gasteiger charge is -2.25. The minimum Gasteiger partial charge on any atom is -0.384 e. The van der Waals surface area contributed by atoms with Gasteiger partial charge in [0.2, 0.25) is 0 Å². The molecule has 1 saturated heterocycles. The Morgan fingerprint density at radius 3 is 2.54 bits per heavy atom. The predicted octanol–water partition coefficient (Wildman–Crippen LogP) is 1.87. The fraction of sp³-hybridized carbons (Fsp3) is 1.00. The zero-order chi connectivity index (χ0) is 9.90. The van der Waals surface area contributed by atoms with Crippen molar-refractivity contribution in [3.05, 3.63) is 0 Å². The average molecular weight is 198 g/mol. The van der Waals surface area contributed by atoms with Gasteiger partial charge in [0, 0.05) is 13.0 Å². The molecule has 5 heteroatoms. The van der Waals surface area contributed by atoms with Crippen LogP contribution in [-0.2, 0) is 4.74 Å². The van der Waals surface area contributed by atoms with Crippen LogP contribution in [0.15, 0.2) is 0 Å². The molecule has 2 nitrogen and oxygen atoms in total. The zero-order valence-electron chi connectivity index (χ0n) is 7.18. The average Bonchev–Trinajstić information content (AvgIpc) is 2.04. The predicted molar refractivity (Wildman–Crippen MR) is 40.3 cm³/mol. The lowest BCUT2D eigenvalue weighted by Crippen LogP contribution is -2.34. The molecule has 1 rings (SSSR count). The maximum atomic E-state index is 11.9. The van der Waals surface area contributed by atoms with Crippen LogP contribution in [0, 0.1) is 0 Å². The number of hydrogen-bond donors (Lipinski definition) is 1. The van der Waals surface area contributed by atoms with Crippen molar-refractivity contribution >= 4 is 0 Å². The molecule has 0 aromatic rings. The number of rotatable bonds is 2. The lowest BCUT2D eigenvalue weighted by molar-refractivity contribution is -0.214. The second-order valence-electron chi connectivity index (χ2n) is 3.28. The van der Waals surface area contributed by atoms with Gasteiger partial charge < -0.3 is 9.84 Å². The number of halogens is 3. The van der Waals surface area contributed by atoms with E-state index in [4.69, 9.17) is 9.84 Å². The summed E-state index contributed by atoms with van der Waals surface area (Å²) in [6.45, 7) is 0.509. The van der Waals surface area contributed by atoms with Crippen LogP contribution in [-0.4, -0.2) is 30.1 Å². The molecule has 0 bridgehead atoms. The lowest BCUT2D eigenvalue weighted by atomic mass is 10.0. The molecular weight excluding hydrogens is 185 g/mol. The molecule has 0 aromatic carbocycles. The third kappa shape index (κ3) is 3.52. The molecule has 78 valence electrons. The highest BCUT2D eigenvalue weighted by molar-refractivity contribution is 4.73. The molecule has 0 radical (unpaired) electrons. The molecule has 13 heavy (non-hydrogen) atoms. The van der Waals surface area contributed by atoms with Crippen LogP contribution in [0.3, 0.4) is 0 Å². The summed E-state index contributed by atoms with van der Waals surface area (Å²) in [4.78, 5) is 0. The standard InChI is InChI=1S/C8H13F3O2/c9-8(10,11)7(12)5-6-3-1-2-4-13-6/h6-7,12H,1-5H2. The molecule has 0 aliphatic carbocycles.